The summed E-state index contributed by atoms with van der Waals surface area (Å²) in [5, 5.41) is 7.22. The predicted octanol–water partition coefficient (Wildman–Crippen LogP) is 4.27. The number of nitrogens with one attached hydrogen (secondary N) is 1. The number of nitrogens with zero attached hydrogens (tertiary/aromatic N) is 2. The van der Waals surface area contributed by atoms with Crippen LogP contribution in [0.15, 0.2) is 35.5 Å². The summed E-state index contributed by atoms with van der Waals surface area (Å²) in [4.78, 5) is 11.5. The number of hydrogen-bond donors (Lipinski definition) is 3. The Morgan fingerprint density at radius 3 is 2.59 bits per heavy atom. The molecule has 29 heavy (non-hydrogen) atoms. The molecule has 1 aliphatic heterocycles. The zero-order chi connectivity index (χ0) is 20.9. The third-order valence-corrected chi connectivity index (χ3v) is 4.80. The standard InChI is InChI=1S/C14H12F3N5S.C5H10O/c15-14(16,17)7-1-2-10-9(3-7)13-11(5-20-10)21-12(22-13)4-8(18)6-23-19;1-2-4-6-5-3-1/h1-3,5-6H,4,18-19H2,(H,21,22);1-5H2/b8-6-;. The number of aromatic amines is 1. The van der Waals surface area contributed by atoms with Gasteiger partial charge in [0.05, 0.1) is 28.3 Å². The second-order valence-electron chi connectivity index (χ2n) is 6.61. The van der Waals surface area contributed by atoms with Gasteiger partial charge < -0.3 is 15.5 Å². The Balaban J connectivity index is 0.000000343. The number of ether oxygens (including phenoxy) is 1. The lowest BCUT2D eigenvalue weighted by Crippen LogP contribution is -2.04. The fraction of sp³-hybridized carbons (Fsp3) is 0.368. The number of pyridine rings is 1. The van der Waals surface area contributed by atoms with E-state index in [2.05, 4.69) is 15.0 Å². The molecule has 1 aromatic carbocycles. The topological polar surface area (TPSA) is 103 Å². The van der Waals surface area contributed by atoms with Gasteiger partial charge in [0.2, 0.25) is 0 Å². The molecule has 10 heteroatoms. The molecule has 0 bridgehead atoms. The third-order valence-electron chi connectivity index (χ3n) is 4.36. The van der Waals surface area contributed by atoms with Crippen LogP contribution in [0, 0.1) is 0 Å². The van der Waals surface area contributed by atoms with Gasteiger partial charge in [0.1, 0.15) is 5.82 Å². The molecular formula is C19H22F3N5OS. The molecule has 0 saturated carbocycles. The van der Waals surface area contributed by atoms with E-state index in [4.69, 9.17) is 15.6 Å². The molecule has 4 rings (SSSR count). The highest BCUT2D eigenvalue weighted by molar-refractivity contribution is 7.99. The van der Waals surface area contributed by atoms with Crippen LogP contribution in [0.25, 0.3) is 21.9 Å². The zero-order valence-corrected chi connectivity index (χ0v) is 16.4. The van der Waals surface area contributed by atoms with Gasteiger partial charge in [-0.25, -0.2) is 4.98 Å². The summed E-state index contributed by atoms with van der Waals surface area (Å²) < 4.78 is 43.7. The number of nitrogens with two attached hydrogens (primary N) is 2. The number of rotatable bonds is 3. The van der Waals surface area contributed by atoms with Crippen molar-refractivity contribution in [2.24, 2.45) is 10.9 Å². The first-order valence-corrected chi connectivity index (χ1v) is 10.0. The summed E-state index contributed by atoms with van der Waals surface area (Å²) >= 11 is 0.977. The maximum absolute atomic E-state index is 12.9. The van der Waals surface area contributed by atoms with Crippen molar-refractivity contribution >= 4 is 33.9 Å². The minimum Gasteiger partial charge on any atom is -0.401 e. The van der Waals surface area contributed by atoms with E-state index in [1.165, 1.54) is 25.3 Å². The van der Waals surface area contributed by atoms with Crippen molar-refractivity contribution < 1.29 is 17.9 Å². The lowest BCUT2D eigenvalue weighted by atomic mass is 10.1. The largest absolute Gasteiger partial charge is 0.416 e. The summed E-state index contributed by atoms with van der Waals surface area (Å²) in [6.45, 7) is 2.00. The van der Waals surface area contributed by atoms with Crippen LogP contribution in [0.1, 0.15) is 30.7 Å². The van der Waals surface area contributed by atoms with E-state index in [1.807, 2.05) is 0 Å². The third kappa shape index (κ3) is 5.62. The van der Waals surface area contributed by atoms with Crippen molar-refractivity contribution in [3.05, 3.63) is 46.9 Å². The lowest BCUT2D eigenvalue weighted by Gasteiger charge is -2.08. The van der Waals surface area contributed by atoms with Gasteiger partial charge in [-0.15, -0.1) is 0 Å². The smallest absolute Gasteiger partial charge is 0.401 e. The molecule has 1 saturated heterocycles. The average molecular weight is 425 g/mol. The molecule has 6 nitrogen and oxygen atoms in total. The Kier molecular flexibility index (Phi) is 6.99. The maximum Gasteiger partial charge on any atom is 0.416 e. The molecule has 1 fully saturated rings. The summed E-state index contributed by atoms with van der Waals surface area (Å²) in [6, 6.07) is 3.41. The van der Waals surface area contributed by atoms with Crippen LogP contribution in [-0.4, -0.2) is 28.2 Å². The van der Waals surface area contributed by atoms with Crippen LogP contribution in [0.5, 0.6) is 0 Å². The van der Waals surface area contributed by atoms with Crippen molar-refractivity contribution in [1.29, 1.82) is 0 Å². The normalized spacial score (nSPS) is 15.4. The number of hydrogen-bond acceptors (Lipinski definition) is 6. The molecule has 0 aliphatic carbocycles. The highest BCUT2D eigenvalue weighted by Gasteiger charge is 2.30. The van der Waals surface area contributed by atoms with Gasteiger partial charge in [0, 0.05) is 36.1 Å². The second kappa shape index (κ2) is 9.47. The van der Waals surface area contributed by atoms with E-state index in [0.717, 1.165) is 37.3 Å². The molecule has 3 aromatic rings. The molecule has 3 heterocycles. The number of halogens is 3. The van der Waals surface area contributed by atoms with Gasteiger partial charge in [0.15, 0.2) is 0 Å². The predicted molar refractivity (Wildman–Crippen MR) is 109 cm³/mol. The van der Waals surface area contributed by atoms with Gasteiger partial charge >= 0.3 is 6.18 Å². The van der Waals surface area contributed by atoms with Crippen LogP contribution in [-0.2, 0) is 17.3 Å². The molecule has 0 atom stereocenters. The van der Waals surface area contributed by atoms with E-state index in [-0.39, 0.29) is 0 Å². The van der Waals surface area contributed by atoms with Gasteiger partial charge in [-0.3, -0.25) is 10.1 Å². The number of aromatic nitrogens is 3. The SMILES string of the molecule is C1CCOCC1.NS/C=C(\N)Cc1nc2c(cnc3ccc(C(F)(F)F)cc32)[nH]1. The number of allylic oxidation sites excluding steroid dienone is 1. The van der Waals surface area contributed by atoms with Crippen LogP contribution in [0.4, 0.5) is 13.2 Å². The molecule has 0 radical (unpaired) electrons. The molecule has 0 unspecified atom stereocenters. The molecule has 1 aliphatic rings. The molecule has 0 spiro atoms. The van der Waals surface area contributed by atoms with Crippen LogP contribution in [0.2, 0.25) is 0 Å². The number of H-pyrrole nitrogens is 1. The van der Waals surface area contributed by atoms with Gasteiger partial charge in [0.25, 0.3) is 0 Å². The first-order valence-electron chi connectivity index (χ1n) is 9.11. The minimum absolute atomic E-state index is 0.319. The maximum atomic E-state index is 12.9. The Bertz CT molecular complexity index is 987. The Morgan fingerprint density at radius 2 is 2.00 bits per heavy atom. The number of fused-ring (bicyclic) bond motifs is 3. The van der Waals surface area contributed by atoms with Crippen LogP contribution >= 0.6 is 11.9 Å². The van der Waals surface area contributed by atoms with Crippen molar-refractivity contribution in [3.8, 4) is 0 Å². The number of benzene rings is 1. The van der Waals surface area contributed by atoms with Crippen molar-refractivity contribution in [2.45, 2.75) is 31.9 Å². The van der Waals surface area contributed by atoms with Crippen LogP contribution < -0.4 is 10.9 Å². The Hall–Kier alpha value is -2.30. The highest BCUT2D eigenvalue weighted by Crippen LogP contribution is 2.32. The van der Waals surface area contributed by atoms with Crippen molar-refractivity contribution in [1.82, 2.24) is 15.0 Å². The number of alkyl halides is 3. The second-order valence-corrected chi connectivity index (χ2v) is 7.12. The summed E-state index contributed by atoms with van der Waals surface area (Å²) in [5.41, 5.74) is 6.98. The van der Waals surface area contributed by atoms with E-state index >= 15 is 0 Å². The van der Waals surface area contributed by atoms with Crippen molar-refractivity contribution in [2.75, 3.05) is 13.2 Å². The van der Waals surface area contributed by atoms with E-state index < -0.39 is 11.7 Å². The molecular weight excluding hydrogens is 403 g/mol. The van der Waals surface area contributed by atoms with Gasteiger partial charge in [-0.1, -0.05) is 11.9 Å². The minimum atomic E-state index is -4.42. The first-order chi connectivity index (χ1) is 13.9. The van der Waals surface area contributed by atoms with E-state index in [0.29, 0.717) is 39.9 Å². The fourth-order valence-electron chi connectivity index (χ4n) is 2.98. The number of imidazole rings is 1. The molecule has 0 amide bonds. The monoisotopic (exact) mass is 425 g/mol. The van der Waals surface area contributed by atoms with Crippen LogP contribution in [0.3, 0.4) is 0 Å². The zero-order valence-electron chi connectivity index (χ0n) is 15.6. The summed E-state index contributed by atoms with van der Waals surface area (Å²) in [5.74, 6) is 0.537. The highest BCUT2D eigenvalue weighted by atomic mass is 32.2. The molecule has 156 valence electrons. The average Bonchev–Trinajstić information content (AvgIpc) is 3.11. The molecule has 5 N–H and O–H groups in total. The van der Waals surface area contributed by atoms with Crippen molar-refractivity contribution in [3.63, 3.8) is 0 Å². The fourth-order valence-corrected chi connectivity index (χ4v) is 3.24. The quantitative estimate of drug-likeness (QED) is 0.542. The molecule has 2 aromatic heterocycles. The first kappa shape index (κ1) is 21.4. The van der Waals surface area contributed by atoms with E-state index in [9.17, 15) is 13.2 Å². The van der Waals surface area contributed by atoms with Gasteiger partial charge in [-0.2, -0.15) is 13.2 Å². The van der Waals surface area contributed by atoms with Gasteiger partial charge in [-0.05, 0) is 37.5 Å². The van der Waals surface area contributed by atoms with E-state index in [1.54, 1.807) is 11.6 Å². The Labute approximate surface area is 170 Å². The Morgan fingerprint density at radius 1 is 1.24 bits per heavy atom. The summed E-state index contributed by atoms with van der Waals surface area (Å²) in [6.07, 6.45) is 1.37. The summed E-state index contributed by atoms with van der Waals surface area (Å²) in [7, 11) is 0. The lowest BCUT2D eigenvalue weighted by molar-refractivity contribution is -0.137.